The second kappa shape index (κ2) is 24.1. The van der Waals surface area contributed by atoms with Gasteiger partial charge in [-0.05, 0) is 125 Å². The maximum atomic E-state index is 5.34. The molecule has 4 heterocycles. The first kappa shape index (κ1) is 58.5. The van der Waals surface area contributed by atoms with Crippen LogP contribution in [0.2, 0.25) is 0 Å². The van der Waals surface area contributed by atoms with Gasteiger partial charge in [-0.2, -0.15) is 0 Å². The average Bonchev–Trinajstić information content (AvgIpc) is 1.56. The Bertz CT molecular complexity index is 6740. The van der Waals surface area contributed by atoms with Gasteiger partial charge in [0.1, 0.15) is 0 Å². The molecule has 0 aliphatic rings. The van der Waals surface area contributed by atoms with E-state index >= 15 is 0 Å². The number of hydrogen-bond acceptors (Lipinski definition) is 4. The van der Waals surface area contributed by atoms with Gasteiger partial charge in [-0.3, -0.25) is 0 Å². The van der Waals surface area contributed by atoms with Crippen molar-refractivity contribution in [3.8, 4) is 79.2 Å². The Kier molecular flexibility index (Phi) is 13.8. The molecule has 0 saturated carbocycles. The van der Waals surface area contributed by atoms with E-state index in [4.69, 9.17) is 19.9 Å². The lowest BCUT2D eigenvalue weighted by atomic mass is 9.98. The average molecular weight is 1300 g/mol. The van der Waals surface area contributed by atoms with Crippen molar-refractivity contribution in [3.63, 3.8) is 0 Å². The first-order chi connectivity index (χ1) is 50.6. The summed E-state index contributed by atoms with van der Waals surface area (Å²) in [6.45, 7) is 0. The molecular weight excluding hydrogens is 1240 g/mol. The molecule has 0 amide bonds. The molecule has 21 aromatic rings. The van der Waals surface area contributed by atoms with Crippen molar-refractivity contribution >= 4 is 119 Å². The van der Waals surface area contributed by atoms with Gasteiger partial charge in [0.2, 0.25) is 0 Å². The first-order valence-corrected chi connectivity index (χ1v) is 34.8. The molecule has 4 aromatic heterocycles. The molecule has 0 unspecified atom stereocenters. The molecule has 0 N–H and O–H groups in total. The minimum atomic E-state index is 0.715. The molecule has 6 heteroatoms. The van der Waals surface area contributed by atoms with Crippen LogP contribution in [0, 0.1) is 0 Å². The third kappa shape index (κ3) is 9.72. The van der Waals surface area contributed by atoms with Crippen molar-refractivity contribution in [1.82, 2.24) is 29.1 Å². The zero-order valence-electron chi connectivity index (χ0n) is 55.3. The minimum absolute atomic E-state index is 0.715. The number of rotatable bonds is 8. The molecule has 0 aliphatic heterocycles. The van der Waals surface area contributed by atoms with Crippen molar-refractivity contribution in [1.29, 1.82) is 0 Å². The molecule has 0 bridgehead atoms. The number of aromatic nitrogens is 6. The largest absolute Gasteiger partial charge is 0.309 e. The van der Waals surface area contributed by atoms with Crippen molar-refractivity contribution in [2.75, 3.05) is 0 Å². The standard InChI is InChI=1S/C50H31N3.C46H29N3/c1-2-16-35(17-3-1)43-31-44(52-50(51-43)42-24-12-18-32-13-4-7-19-36(32)42)40-27-30-45(41-23-11-10-22-39(40)41)53-46-28-25-33-14-5-8-20-37(33)48(46)49-38-21-9-6-15-34(38)26-29-47(49)53;1-2-14-33(15-3-1)40-29-41(48-46(47-40)39-20-10-16-30-11-4-7-17-36(30)39)34-21-25-35(26-22-34)49-42-27-23-31-12-5-8-18-37(31)44(42)45-38-19-9-6-13-32(38)24-28-43(45)49/h1-31H;1-29H. The number of fused-ring (bicyclic) bond motifs is 17. The van der Waals surface area contributed by atoms with Crippen molar-refractivity contribution in [2.24, 2.45) is 0 Å². The highest BCUT2D eigenvalue weighted by Gasteiger charge is 2.23. The van der Waals surface area contributed by atoms with Crippen LogP contribution in [-0.4, -0.2) is 29.1 Å². The van der Waals surface area contributed by atoms with Gasteiger partial charge in [0.25, 0.3) is 0 Å². The predicted octanol–water partition coefficient (Wildman–Crippen LogP) is 25.2. The second-order valence-corrected chi connectivity index (χ2v) is 26.3. The molecule has 0 spiro atoms. The molecule has 0 radical (unpaired) electrons. The van der Waals surface area contributed by atoms with Crippen LogP contribution in [0.15, 0.2) is 364 Å². The Labute approximate surface area is 587 Å². The van der Waals surface area contributed by atoms with Crippen LogP contribution in [0.4, 0.5) is 0 Å². The maximum absolute atomic E-state index is 5.34. The molecule has 6 nitrogen and oxygen atoms in total. The van der Waals surface area contributed by atoms with Gasteiger partial charge < -0.3 is 9.13 Å². The Balaban J connectivity index is 0.000000137. The Morgan fingerprint density at radius 3 is 0.922 bits per heavy atom. The fourth-order valence-corrected chi connectivity index (χ4v) is 15.9. The maximum Gasteiger partial charge on any atom is 0.161 e. The summed E-state index contributed by atoms with van der Waals surface area (Å²) in [4.78, 5) is 20.8. The molecule has 0 saturated heterocycles. The van der Waals surface area contributed by atoms with Gasteiger partial charge >= 0.3 is 0 Å². The fraction of sp³-hybridized carbons (Fsp3) is 0. The monoisotopic (exact) mass is 1300 g/mol. The van der Waals surface area contributed by atoms with E-state index in [0.717, 1.165) is 94.9 Å². The van der Waals surface area contributed by atoms with Crippen LogP contribution >= 0.6 is 0 Å². The summed E-state index contributed by atoms with van der Waals surface area (Å²) < 4.78 is 4.87. The van der Waals surface area contributed by atoms with Gasteiger partial charge in [0.05, 0.1) is 50.5 Å². The second-order valence-electron chi connectivity index (χ2n) is 26.3. The Morgan fingerprint density at radius 2 is 0.500 bits per heavy atom. The van der Waals surface area contributed by atoms with Crippen LogP contribution in [0.1, 0.15) is 0 Å². The summed E-state index contributed by atoms with van der Waals surface area (Å²) in [6.07, 6.45) is 0. The van der Waals surface area contributed by atoms with E-state index < -0.39 is 0 Å². The van der Waals surface area contributed by atoms with Crippen molar-refractivity contribution in [2.45, 2.75) is 0 Å². The highest BCUT2D eigenvalue weighted by molar-refractivity contribution is 6.30. The molecule has 474 valence electrons. The van der Waals surface area contributed by atoms with E-state index in [-0.39, 0.29) is 0 Å². The van der Waals surface area contributed by atoms with Crippen molar-refractivity contribution in [3.05, 3.63) is 364 Å². The molecular formula is C96H60N6. The SMILES string of the molecule is c1ccc(-c2cc(-c3ccc(-n4c5ccc6ccccc6c5c5c6ccccc6ccc54)c4ccccc34)nc(-c3cccc4ccccc34)n2)cc1.c1ccc(-c2cc(-c3ccc(-n4c5ccc6ccccc6c5c5c6ccccc6ccc54)cc3)nc(-c3cccc4ccccc34)n2)cc1. The zero-order valence-corrected chi connectivity index (χ0v) is 55.3. The number of nitrogens with zero attached hydrogens (tertiary/aromatic N) is 6. The summed E-state index contributed by atoms with van der Waals surface area (Å²) in [5.74, 6) is 1.44. The van der Waals surface area contributed by atoms with E-state index in [1.807, 2.05) is 12.1 Å². The smallest absolute Gasteiger partial charge is 0.161 e. The van der Waals surface area contributed by atoms with E-state index in [1.165, 1.54) is 97.5 Å². The minimum Gasteiger partial charge on any atom is -0.309 e. The lowest BCUT2D eigenvalue weighted by molar-refractivity contribution is 1.17. The zero-order chi connectivity index (χ0) is 67.2. The van der Waals surface area contributed by atoms with Gasteiger partial charge in [-0.1, -0.05) is 309 Å². The summed E-state index contributed by atoms with van der Waals surface area (Å²) in [5.41, 5.74) is 16.9. The molecule has 0 aliphatic carbocycles. The quantitative estimate of drug-likeness (QED) is 0.152. The third-order valence-corrected chi connectivity index (χ3v) is 20.6. The van der Waals surface area contributed by atoms with Crippen molar-refractivity contribution < 1.29 is 0 Å². The first-order valence-electron chi connectivity index (χ1n) is 34.8. The summed E-state index contributed by atoms with van der Waals surface area (Å²) in [7, 11) is 0. The van der Waals surface area contributed by atoms with Crippen LogP contribution in [0.25, 0.3) is 198 Å². The van der Waals surface area contributed by atoms with Gasteiger partial charge in [0.15, 0.2) is 11.6 Å². The lowest BCUT2D eigenvalue weighted by Gasteiger charge is -2.16. The Hall–Kier alpha value is -13.7. The summed E-state index contributed by atoms with van der Waals surface area (Å²) >= 11 is 0. The number of hydrogen-bond donors (Lipinski definition) is 0. The molecule has 17 aromatic carbocycles. The summed E-state index contributed by atoms with van der Waals surface area (Å²) in [6, 6.07) is 130. The Morgan fingerprint density at radius 1 is 0.186 bits per heavy atom. The van der Waals surface area contributed by atoms with Crippen LogP contribution in [0.3, 0.4) is 0 Å². The van der Waals surface area contributed by atoms with Crippen LogP contribution < -0.4 is 0 Å². The fourth-order valence-electron chi connectivity index (χ4n) is 15.9. The number of benzene rings is 17. The topological polar surface area (TPSA) is 61.4 Å². The van der Waals surface area contributed by atoms with Gasteiger partial charge in [-0.25, -0.2) is 19.9 Å². The third-order valence-electron chi connectivity index (χ3n) is 20.6. The van der Waals surface area contributed by atoms with Gasteiger partial charge in [0, 0.05) is 66.0 Å². The highest BCUT2D eigenvalue weighted by Crippen LogP contribution is 2.45. The molecule has 0 atom stereocenters. The van der Waals surface area contributed by atoms with Gasteiger partial charge in [-0.15, -0.1) is 0 Å². The van der Waals surface area contributed by atoms with E-state index in [0.29, 0.717) is 5.82 Å². The molecule has 21 rings (SSSR count). The van der Waals surface area contributed by atoms with E-state index in [2.05, 4.69) is 361 Å². The molecule has 102 heavy (non-hydrogen) atoms. The normalized spacial score (nSPS) is 11.7. The highest BCUT2D eigenvalue weighted by atomic mass is 15.0. The molecule has 0 fully saturated rings. The van der Waals surface area contributed by atoms with E-state index in [9.17, 15) is 0 Å². The predicted molar refractivity (Wildman–Crippen MR) is 428 cm³/mol. The van der Waals surface area contributed by atoms with Crippen LogP contribution in [0.5, 0.6) is 0 Å². The summed E-state index contributed by atoms with van der Waals surface area (Å²) in [5, 5.41) is 22.1. The van der Waals surface area contributed by atoms with Crippen LogP contribution in [-0.2, 0) is 0 Å². The van der Waals surface area contributed by atoms with E-state index in [1.54, 1.807) is 0 Å². The lowest BCUT2D eigenvalue weighted by Crippen LogP contribution is -1.99.